The van der Waals surface area contributed by atoms with E-state index >= 15 is 0 Å². The van der Waals surface area contributed by atoms with E-state index in [4.69, 9.17) is 0 Å². The van der Waals surface area contributed by atoms with Crippen LogP contribution in [0.2, 0.25) is 0 Å². The Bertz CT molecular complexity index is 2090. The minimum absolute atomic E-state index is 0.0400. The third kappa shape index (κ3) is 4.31. The highest BCUT2D eigenvalue weighted by molar-refractivity contribution is 5.97. The largest absolute Gasteiger partial charge is 0.334 e. The van der Waals surface area contributed by atoms with Crippen molar-refractivity contribution >= 4 is 22.1 Å². The van der Waals surface area contributed by atoms with Crippen LogP contribution in [-0.4, -0.2) is 6.04 Å². The molecule has 44 heavy (non-hydrogen) atoms. The third-order valence-electron chi connectivity index (χ3n) is 9.56. The van der Waals surface area contributed by atoms with Crippen LogP contribution in [-0.2, 0) is 5.41 Å². The lowest BCUT2D eigenvalue weighted by Gasteiger charge is -2.34. The van der Waals surface area contributed by atoms with E-state index in [-0.39, 0.29) is 11.5 Å². The summed E-state index contributed by atoms with van der Waals surface area (Å²) in [5.41, 5.74) is 12.9. The van der Waals surface area contributed by atoms with Crippen LogP contribution in [0.15, 0.2) is 158 Å². The fraction of sp³-hybridized carbons (Fsp3) is 0.116. The standard InChI is InChI=1S/C43H35N/c1-43(2)39-23-10-8-21-38(39)42-37(22-13-24-40(42)43)36-20-9-11-25-41(36)44(34-17-4-3-5-18-34)35-19-12-16-32(29-35)33-27-26-30-14-6-7-15-31(30)28-33/h3-17,19-29,34H,18H2,1-2H3. The molecule has 0 amide bonds. The summed E-state index contributed by atoms with van der Waals surface area (Å²) in [5, 5.41) is 2.53. The second-order valence-corrected chi connectivity index (χ2v) is 12.5. The van der Waals surface area contributed by atoms with Crippen LogP contribution < -0.4 is 4.90 Å². The van der Waals surface area contributed by atoms with Gasteiger partial charge < -0.3 is 4.90 Å². The van der Waals surface area contributed by atoms with E-state index in [1.807, 2.05) is 0 Å². The van der Waals surface area contributed by atoms with Crippen LogP contribution >= 0.6 is 0 Å². The minimum atomic E-state index is -0.0400. The maximum atomic E-state index is 2.55. The maximum Gasteiger partial charge on any atom is 0.0560 e. The number of allylic oxidation sites excluding steroid dienone is 2. The lowest BCUT2D eigenvalue weighted by Crippen LogP contribution is -2.30. The Balaban J connectivity index is 1.31. The summed E-state index contributed by atoms with van der Waals surface area (Å²) in [4.78, 5) is 2.55. The Morgan fingerprint density at radius 2 is 1.27 bits per heavy atom. The number of para-hydroxylation sites is 1. The number of nitrogens with zero attached hydrogens (tertiary/aromatic N) is 1. The van der Waals surface area contributed by atoms with Gasteiger partial charge in [-0.15, -0.1) is 0 Å². The Morgan fingerprint density at radius 3 is 2.14 bits per heavy atom. The van der Waals surface area contributed by atoms with Gasteiger partial charge in [0.2, 0.25) is 0 Å². The molecule has 6 aromatic carbocycles. The molecule has 0 fully saturated rings. The Labute approximate surface area is 260 Å². The lowest BCUT2D eigenvalue weighted by molar-refractivity contribution is 0.660. The molecule has 0 aliphatic heterocycles. The van der Waals surface area contributed by atoms with Gasteiger partial charge in [-0.05, 0) is 80.4 Å². The summed E-state index contributed by atoms with van der Waals surface area (Å²) >= 11 is 0. The molecule has 212 valence electrons. The van der Waals surface area contributed by atoms with E-state index in [0.717, 1.165) is 6.42 Å². The third-order valence-corrected chi connectivity index (χ3v) is 9.56. The fourth-order valence-corrected chi connectivity index (χ4v) is 7.36. The van der Waals surface area contributed by atoms with Crippen LogP contribution in [0.3, 0.4) is 0 Å². The van der Waals surface area contributed by atoms with Gasteiger partial charge in [0.25, 0.3) is 0 Å². The van der Waals surface area contributed by atoms with E-state index in [1.165, 1.54) is 66.7 Å². The summed E-state index contributed by atoms with van der Waals surface area (Å²) in [6.45, 7) is 4.72. The first kappa shape index (κ1) is 26.5. The molecule has 2 aliphatic carbocycles. The summed E-state index contributed by atoms with van der Waals surface area (Å²) in [6, 6.07) is 49.5. The van der Waals surface area contributed by atoms with Crippen molar-refractivity contribution in [1.82, 2.24) is 0 Å². The number of benzene rings is 6. The Kier molecular flexibility index (Phi) is 6.34. The molecular weight excluding hydrogens is 530 g/mol. The van der Waals surface area contributed by atoms with Crippen LogP contribution in [0, 0.1) is 0 Å². The van der Waals surface area contributed by atoms with Crippen molar-refractivity contribution in [2.24, 2.45) is 0 Å². The monoisotopic (exact) mass is 565 g/mol. The van der Waals surface area contributed by atoms with Crippen molar-refractivity contribution in [3.8, 4) is 33.4 Å². The van der Waals surface area contributed by atoms with Crippen molar-refractivity contribution in [1.29, 1.82) is 0 Å². The van der Waals surface area contributed by atoms with E-state index in [9.17, 15) is 0 Å². The predicted molar refractivity (Wildman–Crippen MR) is 188 cm³/mol. The highest BCUT2D eigenvalue weighted by atomic mass is 15.2. The van der Waals surface area contributed by atoms with E-state index in [2.05, 4.69) is 177 Å². The summed E-state index contributed by atoms with van der Waals surface area (Å²) in [6.07, 6.45) is 9.93. The van der Waals surface area contributed by atoms with Gasteiger partial charge in [0, 0.05) is 22.4 Å². The zero-order chi connectivity index (χ0) is 29.7. The van der Waals surface area contributed by atoms with Crippen molar-refractivity contribution in [3.63, 3.8) is 0 Å². The van der Waals surface area contributed by atoms with Crippen LogP contribution in [0.5, 0.6) is 0 Å². The highest BCUT2D eigenvalue weighted by Crippen LogP contribution is 2.53. The zero-order valence-corrected chi connectivity index (χ0v) is 25.2. The molecule has 1 unspecified atom stereocenters. The molecule has 1 heteroatoms. The van der Waals surface area contributed by atoms with E-state index < -0.39 is 0 Å². The first-order chi connectivity index (χ1) is 21.6. The van der Waals surface area contributed by atoms with Gasteiger partial charge in [-0.25, -0.2) is 0 Å². The number of anilines is 2. The SMILES string of the molecule is CC1(C)c2ccccc2-c2c(-c3ccccc3N(c3cccc(-c4ccc5ccccc5c4)c3)C3C=CC=CC3)cccc21. The number of rotatable bonds is 5. The maximum absolute atomic E-state index is 2.55. The molecule has 0 saturated carbocycles. The summed E-state index contributed by atoms with van der Waals surface area (Å²) in [7, 11) is 0. The molecule has 8 rings (SSSR count). The molecule has 0 aromatic heterocycles. The van der Waals surface area contributed by atoms with Gasteiger partial charge in [0.15, 0.2) is 0 Å². The predicted octanol–water partition coefficient (Wildman–Crippen LogP) is 11.5. The molecule has 0 bridgehead atoms. The number of hydrogen-bond acceptors (Lipinski definition) is 1. The van der Waals surface area contributed by atoms with Crippen molar-refractivity contribution in [2.75, 3.05) is 4.90 Å². The molecule has 0 saturated heterocycles. The quantitative estimate of drug-likeness (QED) is 0.201. The molecule has 0 N–H and O–H groups in total. The summed E-state index contributed by atoms with van der Waals surface area (Å²) < 4.78 is 0. The number of hydrogen-bond donors (Lipinski definition) is 0. The number of fused-ring (bicyclic) bond motifs is 4. The van der Waals surface area contributed by atoms with E-state index in [0.29, 0.717) is 0 Å². The fourth-order valence-electron chi connectivity index (χ4n) is 7.36. The molecule has 6 aromatic rings. The molecule has 0 spiro atoms. The normalized spacial score (nSPS) is 16.1. The van der Waals surface area contributed by atoms with Crippen molar-refractivity contribution in [3.05, 3.63) is 169 Å². The summed E-state index contributed by atoms with van der Waals surface area (Å²) in [5.74, 6) is 0. The Hall–Kier alpha value is -5.14. The molecule has 0 radical (unpaired) electrons. The van der Waals surface area contributed by atoms with Crippen molar-refractivity contribution in [2.45, 2.75) is 31.7 Å². The van der Waals surface area contributed by atoms with Crippen LogP contribution in [0.1, 0.15) is 31.4 Å². The average Bonchev–Trinajstić information content (AvgIpc) is 3.32. The first-order valence-corrected chi connectivity index (χ1v) is 15.6. The first-order valence-electron chi connectivity index (χ1n) is 15.6. The van der Waals surface area contributed by atoms with Crippen LogP contribution in [0.25, 0.3) is 44.2 Å². The van der Waals surface area contributed by atoms with E-state index in [1.54, 1.807) is 0 Å². The second kappa shape index (κ2) is 10.5. The van der Waals surface area contributed by atoms with Gasteiger partial charge in [0.1, 0.15) is 0 Å². The van der Waals surface area contributed by atoms with Gasteiger partial charge in [-0.3, -0.25) is 0 Å². The van der Waals surface area contributed by atoms with Gasteiger partial charge in [-0.1, -0.05) is 147 Å². The second-order valence-electron chi connectivity index (χ2n) is 12.5. The minimum Gasteiger partial charge on any atom is -0.334 e. The van der Waals surface area contributed by atoms with Gasteiger partial charge >= 0.3 is 0 Å². The molecule has 0 heterocycles. The molecule has 1 atom stereocenters. The van der Waals surface area contributed by atoms with Gasteiger partial charge in [0.05, 0.1) is 6.04 Å². The van der Waals surface area contributed by atoms with Gasteiger partial charge in [-0.2, -0.15) is 0 Å². The molecular formula is C43H35N. The molecule has 2 aliphatic rings. The lowest BCUT2D eigenvalue weighted by atomic mass is 9.82. The molecule has 1 nitrogen and oxygen atoms in total. The smallest absolute Gasteiger partial charge is 0.0560 e. The average molecular weight is 566 g/mol. The topological polar surface area (TPSA) is 3.24 Å². The highest BCUT2D eigenvalue weighted by Gasteiger charge is 2.37. The zero-order valence-electron chi connectivity index (χ0n) is 25.2. The Morgan fingerprint density at radius 1 is 0.568 bits per heavy atom. The van der Waals surface area contributed by atoms with Crippen LogP contribution in [0.4, 0.5) is 11.4 Å². The van der Waals surface area contributed by atoms with Crippen molar-refractivity contribution < 1.29 is 0 Å².